The first kappa shape index (κ1) is 12.7. The first-order valence-electron chi connectivity index (χ1n) is 5.12. The van der Waals surface area contributed by atoms with Crippen molar-refractivity contribution in [2.75, 3.05) is 12.9 Å². The zero-order valence-corrected chi connectivity index (χ0v) is 9.83. The molecule has 88 valence electrons. The van der Waals surface area contributed by atoms with Crippen LogP contribution < -0.4 is 0 Å². The predicted octanol–water partition coefficient (Wildman–Crippen LogP) is 1.48. The highest BCUT2D eigenvalue weighted by molar-refractivity contribution is 7.85. The highest BCUT2D eigenvalue weighted by Gasteiger charge is 2.22. The van der Waals surface area contributed by atoms with Crippen LogP contribution in [0.2, 0.25) is 0 Å². The molecule has 0 unspecified atom stereocenters. The molecular weight excluding hydrogens is 216 g/mol. The van der Waals surface area contributed by atoms with E-state index in [-0.39, 0.29) is 18.8 Å². The van der Waals surface area contributed by atoms with E-state index in [1.54, 1.807) is 0 Å². The number of rotatable bonds is 5. The van der Waals surface area contributed by atoms with Gasteiger partial charge in [-0.2, -0.15) is 8.42 Å². The SMILES string of the molecule is C=CC[C@H]1CCC[C@H](COS(C)(=O)=O)O1. The molecule has 1 fully saturated rings. The van der Waals surface area contributed by atoms with Crippen molar-refractivity contribution < 1.29 is 17.3 Å². The zero-order valence-electron chi connectivity index (χ0n) is 9.02. The van der Waals surface area contributed by atoms with E-state index in [9.17, 15) is 8.42 Å². The molecule has 0 amide bonds. The molecule has 1 heterocycles. The predicted molar refractivity (Wildman–Crippen MR) is 58.1 cm³/mol. The van der Waals surface area contributed by atoms with Gasteiger partial charge >= 0.3 is 0 Å². The minimum absolute atomic E-state index is 0.0987. The molecule has 2 atom stereocenters. The maximum atomic E-state index is 10.8. The smallest absolute Gasteiger partial charge is 0.264 e. The lowest BCUT2D eigenvalue weighted by Gasteiger charge is -2.29. The molecule has 0 radical (unpaired) electrons. The molecule has 1 saturated heterocycles. The molecule has 0 aromatic rings. The summed E-state index contributed by atoms with van der Waals surface area (Å²) in [6, 6.07) is 0. The quantitative estimate of drug-likeness (QED) is 0.534. The summed E-state index contributed by atoms with van der Waals surface area (Å²) in [5, 5.41) is 0. The summed E-state index contributed by atoms with van der Waals surface area (Å²) in [7, 11) is -3.35. The standard InChI is InChI=1S/C10H18O4S/c1-3-5-9-6-4-7-10(14-9)8-13-15(2,11)12/h3,9-10H,1,4-8H2,2H3/t9-,10+/m0/s1. The van der Waals surface area contributed by atoms with Crippen LogP contribution in [0.4, 0.5) is 0 Å². The second kappa shape index (κ2) is 5.63. The van der Waals surface area contributed by atoms with Crippen LogP contribution in [0, 0.1) is 0 Å². The highest BCUT2D eigenvalue weighted by Crippen LogP contribution is 2.21. The summed E-state index contributed by atoms with van der Waals surface area (Å²) < 4.78 is 32.0. The van der Waals surface area contributed by atoms with E-state index < -0.39 is 10.1 Å². The number of hydrogen-bond donors (Lipinski definition) is 0. The normalized spacial score (nSPS) is 27.5. The van der Waals surface area contributed by atoms with Crippen molar-refractivity contribution in [3.63, 3.8) is 0 Å². The Labute approximate surface area is 91.4 Å². The molecule has 1 aliphatic rings. The minimum Gasteiger partial charge on any atom is -0.372 e. The Morgan fingerprint density at radius 1 is 1.47 bits per heavy atom. The Kier molecular flexibility index (Phi) is 4.76. The maximum absolute atomic E-state index is 10.8. The highest BCUT2D eigenvalue weighted by atomic mass is 32.2. The van der Waals surface area contributed by atoms with Crippen molar-refractivity contribution in [3.8, 4) is 0 Å². The van der Waals surface area contributed by atoms with Gasteiger partial charge in [-0.05, 0) is 25.7 Å². The van der Waals surface area contributed by atoms with Crippen LogP contribution in [-0.4, -0.2) is 33.5 Å². The molecule has 0 aliphatic carbocycles. The van der Waals surface area contributed by atoms with Gasteiger partial charge in [-0.15, -0.1) is 6.58 Å². The van der Waals surface area contributed by atoms with Gasteiger partial charge in [-0.3, -0.25) is 4.18 Å². The summed E-state index contributed by atoms with van der Waals surface area (Å²) in [6.07, 6.45) is 6.69. The van der Waals surface area contributed by atoms with Crippen molar-refractivity contribution >= 4 is 10.1 Å². The molecule has 0 N–H and O–H groups in total. The van der Waals surface area contributed by atoms with Gasteiger partial charge in [0, 0.05) is 0 Å². The van der Waals surface area contributed by atoms with E-state index >= 15 is 0 Å². The van der Waals surface area contributed by atoms with Gasteiger partial charge in [0.15, 0.2) is 0 Å². The second-order valence-electron chi connectivity index (χ2n) is 3.82. The van der Waals surface area contributed by atoms with Gasteiger partial charge in [0.1, 0.15) is 0 Å². The van der Waals surface area contributed by atoms with Gasteiger partial charge in [-0.1, -0.05) is 6.08 Å². The van der Waals surface area contributed by atoms with Crippen LogP contribution in [0.25, 0.3) is 0 Å². The summed E-state index contributed by atoms with van der Waals surface area (Å²) in [4.78, 5) is 0. The van der Waals surface area contributed by atoms with Crippen molar-refractivity contribution in [2.24, 2.45) is 0 Å². The molecule has 4 nitrogen and oxygen atoms in total. The molecule has 0 aromatic carbocycles. The molecule has 15 heavy (non-hydrogen) atoms. The Morgan fingerprint density at radius 3 is 2.73 bits per heavy atom. The third-order valence-corrected chi connectivity index (χ3v) is 2.90. The van der Waals surface area contributed by atoms with Crippen LogP contribution in [0.15, 0.2) is 12.7 Å². The fourth-order valence-corrected chi connectivity index (χ4v) is 2.06. The van der Waals surface area contributed by atoms with Crippen LogP contribution in [0.1, 0.15) is 25.7 Å². The Balaban J connectivity index is 2.33. The molecule has 1 aliphatic heterocycles. The van der Waals surface area contributed by atoms with Gasteiger partial charge in [-0.25, -0.2) is 0 Å². The molecule has 1 rings (SSSR count). The van der Waals surface area contributed by atoms with Crippen LogP contribution in [0.5, 0.6) is 0 Å². The largest absolute Gasteiger partial charge is 0.372 e. The average Bonchev–Trinajstić information content (AvgIpc) is 2.15. The van der Waals surface area contributed by atoms with Crippen molar-refractivity contribution in [1.82, 2.24) is 0 Å². The minimum atomic E-state index is -3.35. The van der Waals surface area contributed by atoms with Crippen molar-refractivity contribution in [1.29, 1.82) is 0 Å². The van der Waals surface area contributed by atoms with E-state index in [4.69, 9.17) is 8.92 Å². The molecule has 0 aromatic heterocycles. The monoisotopic (exact) mass is 234 g/mol. The lowest BCUT2D eigenvalue weighted by atomic mass is 10.0. The van der Waals surface area contributed by atoms with Crippen LogP contribution >= 0.6 is 0 Å². The maximum Gasteiger partial charge on any atom is 0.264 e. The van der Waals surface area contributed by atoms with Crippen molar-refractivity contribution in [2.45, 2.75) is 37.9 Å². The van der Waals surface area contributed by atoms with Gasteiger partial charge < -0.3 is 4.74 Å². The number of ether oxygens (including phenoxy) is 1. The molecular formula is C10H18O4S. The summed E-state index contributed by atoms with van der Waals surface area (Å²) in [5.41, 5.74) is 0. The number of hydrogen-bond acceptors (Lipinski definition) is 4. The molecule has 0 saturated carbocycles. The fraction of sp³-hybridized carbons (Fsp3) is 0.800. The Hall–Kier alpha value is -0.390. The summed E-state index contributed by atoms with van der Waals surface area (Å²) in [6.45, 7) is 3.79. The summed E-state index contributed by atoms with van der Waals surface area (Å²) in [5.74, 6) is 0. The third-order valence-electron chi connectivity index (χ3n) is 2.33. The molecule has 5 heteroatoms. The van der Waals surface area contributed by atoms with Crippen LogP contribution in [0.3, 0.4) is 0 Å². The molecule has 0 bridgehead atoms. The van der Waals surface area contributed by atoms with E-state index in [2.05, 4.69) is 6.58 Å². The Morgan fingerprint density at radius 2 is 2.13 bits per heavy atom. The second-order valence-corrected chi connectivity index (χ2v) is 5.47. The first-order chi connectivity index (χ1) is 7.01. The van der Waals surface area contributed by atoms with E-state index in [1.807, 2.05) is 6.08 Å². The molecule has 0 spiro atoms. The lowest BCUT2D eigenvalue weighted by Crippen LogP contribution is -2.31. The van der Waals surface area contributed by atoms with Gasteiger partial charge in [0.05, 0.1) is 25.1 Å². The lowest BCUT2D eigenvalue weighted by molar-refractivity contribution is -0.0644. The van der Waals surface area contributed by atoms with Crippen LogP contribution in [-0.2, 0) is 19.0 Å². The van der Waals surface area contributed by atoms with E-state index in [1.165, 1.54) is 0 Å². The fourth-order valence-electron chi connectivity index (χ4n) is 1.66. The zero-order chi connectivity index (χ0) is 11.3. The van der Waals surface area contributed by atoms with Crippen molar-refractivity contribution in [3.05, 3.63) is 12.7 Å². The third kappa shape index (κ3) is 5.30. The van der Waals surface area contributed by atoms with E-state index in [0.29, 0.717) is 0 Å². The van der Waals surface area contributed by atoms with Gasteiger partial charge in [0.25, 0.3) is 10.1 Å². The Bertz CT molecular complexity index is 297. The topological polar surface area (TPSA) is 52.6 Å². The van der Waals surface area contributed by atoms with Gasteiger partial charge in [0.2, 0.25) is 0 Å². The summed E-state index contributed by atoms with van der Waals surface area (Å²) >= 11 is 0. The van der Waals surface area contributed by atoms with E-state index in [0.717, 1.165) is 31.9 Å². The average molecular weight is 234 g/mol. The first-order valence-corrected chi connectivity index (χ1v) is 6.93.